The summed E-state index contributed by atoms with van der Waals surface area (Å²) in [5, 5.41) is 0. The lowest BCUT2D eigenvalue weighted by Crippen LogP contribution is -2.34. The van der Waals surface area contributed by atoms with Crippen LogP contribution in [0.4, 0.5) is 0 Å². The van der Waals surface area contributed by atoms with Crippen LogP contribution in [0.15, 0.2) is 12.4 Å². The minimum atomic E-state index is -3.08. The van der Waals surface area contributed by atoms with Crippen LogP contribution in [0.5, 0.6) is 0 Å². The number of hydrogen-bond acceptors (Lipinski definition) is 5. The fourth-order valence-corrected chi connectivity index (χ4v) is 2.04. The van der Waals surface area contributed by atoms with Gasteiger partial charge < -0.3 is 10.3 Å². The predicted octanol–water partition coefficient (Wildman–Crippen LogP) is -0.706. The molecule has 1 atom stereocenters. The zero-order chi connectivity index (χ0) is 13.1. The zero-order valence-electron chi connectivity index (χ0n) is 9.96. The maximum Gasteiger partial charge on any atom is 0.157 e. The molecule has 17 heavy (non-hydrogen) atoms. The molecule has 0 amide bonds. The number of aryl methyl sites for hydroxylation is 1. The minimum Gasteiger partial charge on any atom is -0.338 e. The van der Waals surface area contributed by atoms with Crippen LogP contribution < -0.4 is 5.73 Å². The van der Waals surface area contributed by atoms with Crippen LogP contribution >= 0.6 is 0 Å². The van der Waals surface area contributed by atoms with Crippen LogP contribution in [-0.2, 0) is 28.1 Å². The number of imidazole rings is 1. The van der Waals surface area contributed by atoms with Gasteiger partial charge in [-0.2, -0.15) is 0 Å². The van der Waals surface area contributed by atoms with E-state index >= 15 is 0 Å². The molecule has 6 nitrogen and oxygen atoms in total. The molecule has 1 aromatic rings. The Labute approximate surface area is 101 Å². The fraction of sp³-hybridized carbons (Fsp3) is 0.600. The summed E-state index contributed by atoms with van der Waals surface area (Å²) in [5.74, 6) is 0.369. The van der Waals surface area contributed by atoms with Gasteiger partial charge in [0, 0.05) is 25.7 Å². The third-order valence-corrected chi connectivity index (χ3v) is 3.44. The molecule has 2 N–H and O–H groups in total. The first-order valence-electron chi connectivity index (χ1n) is 5.22. The van der Waals surface area contributed by atoms with Crippen LogP contribution in [0, 0.1) is 0 Å². The second-order valence-electron chi connectivity index (χ2n) is 4.12. The first kappa shape index (κ1) is 13.9. The average Bonchev–Trinajstić information content (AvgIpc) is 2.59. The molecule has 0 fully saturated rings. The van der Waals surface area contributed by atoms with E-state index in [1.807, 2.05) is 0 Å². The number of ketones is 1. The van der Waals surface area contributed by atoms with E-state index < -0.39 is 15.9 Å². The molecule has 0 spiro atoms. The van der Waals surface area contributed by atoms with Crippen LogP contribution in [0.25, 0.3) is 0 Å². The molecule has 1 heterocycles. The largest absolute Gasteiger partial charge is 0.338 e. The normalized spacial score (nSPS) is 13.6. The molecule has 0 aliphatic carbocycles. The number of carbonyl (C=O) groups excluding carboxylic acids is 1. The summed E-state index contributed by atoms with van der Waals surface area (Å²) >= 11 is 0. The van der Waals surface area contributed by atoms with Crippen molar-refractivity contribution in [2.75, 3.05) is 12.0 Å². The van der Waals surface area contributed by atoms with Gasteiger partial charge in [0.25, 0.3) is 0 Å². The number of nitrogens with zero attached hydrogens (tertiary/aromatic N) is 2. The maximum absolute atomic E-state index is 11.7. The Morgan fingerprint density at radius 1 is 1.59 bits per heavy atom. The summed E-state index contributed by atoms with van der Waals surface area (Å²) in [6.45, 7) is 0. The zero-order valence-corrected chi connectivity index (χ0v) is 10.8. The SMILES string of the molecule is Cn1ccnc1CC(=O)C(N)CCS(C)(=O)=O. The molecule has 0 aromatic carbocycles. The van der Waals surface area contributed by atoms with E-state index in [-0.39, 0.29) is 24.4 Å². The quantitative estimate of drug-likeness (QED) is 0.728. The molecule has 7 heteroatoms. The highest BCUT2D eigenvalue weighted by Gasteiger charge is 2.17. The molecule has 0 radical (unpaired) electrons. The van der Waals surface area contributed by atoms with E-state index in [2.05, 4.69) is 4.98 Å². The van der Waals surface area contributed by atoms with Crippen LogP contribution in [0.3, 0.4) is 0 Å². The van der Waals surface area contributed by atoms with Crippen molar-refractivity contribution in [2.24, 2.45) is 12.8 Å². The van der Waals surface area contributed by atoms with Gasteiger partial charge >= 0.3 is 0 Å². The number of rotatable bonds is 6. The van der Waals surface area contributed by atoms with Crippen molar-refractivity contribution >= 4 is 15.6 Å². The van der Waals surface area contributed by atoms with E-state index in [0.29, 0.717) is 5.82 Å². The van der Waals surface area contributed by atoms with E-state index in [1.54, 1.807) is 24.0 Å². The Hall–Kier alpha value is -1.21. The van der Waals surface area contributed by atoms with Crippen molar-refractivity contribution in [3.8, 4) is 0 Å². The lowest BCUT2D eigenvalue weighted by Gasteiger charge is -2.09. The molecule has 0 saturated carbocycles. The van der Waals surface area contributed by atoms with Gasteiger partial charge in [0.2, 0.25) is 0 Å². The van der Waals surface area contributed by atoms with Gasteiger partial charge in [-0.3, -0.25) is 4.79 Å². The number of hydrogen-bond donors (Lipinski definition) is 1. The summed E-state index contributed by atoms with van der Waals surface area (Å²) < 4.78 is 23.6. The van der Waals surface area contributed by atoms with Gasteiger partial charge in [-0.05, 0) is 6.42 Å². The molecule has 0 aliphatic heterocycles. The van der Waals surface area contributed by atoms with Gasteiger partial charge in [-0.15, -0.1) is 0 Å². The highest BCUT2D eigenvalue weighted by Crippen LogP contribution is 2.01. The van der Waals surface area contributed by atoms with Crippen molar-refractivity contribution in [2.45, 2.75) is 18.9 Å². The second-order valence-corrected chi connectivity index (χ2v) is 6.38. The molecule has 1 unspecified atom stereocenters. The predicted molar refractivity (Wildman–Crippen MR) is 64.2 cm³/mol. The third-order valence-electron chi connectivity index (χ3n) is 2.47. The van der Waals surface area contributed by atoms with Crippen molar-refractivity contribution in [1.82, 2.24) is 9.55 Å². The number of aromatic nitrogens is 2. The van der Waals surface area contributed by atoms with Crippen molar-refractivity contribution in [1.29, 1.82) is 0 Å². The van der Waals surface area contributed by atoms with Crippen molar-refractivity contribution in [3.05, 3.63) is 18.2 Å². The van der Waals surface area contributed by atoms with Gasteiger partial charge in [0.15, 0.2) is 5.78 Å². The molecule has 0 bridgehead atoms. The lowest BCUT2D eigenvalue weighted by molar-refractivity contribution is -0.119. The average molecular weight is 259 g/mol. The summed E-state index contributed by atoms with van der Waals surface area (Å²) in [5.41, 5.74) is 5.64. The molecule has 0 saturated heterocycles. The Morgan fingerprint density at radius 3 is 2.71 bits per heavy atom. The second kappa shape index (κ2) is 5.42. The van der Waals surface area contributed by atoms with Crippen molar-refractivity contribution < 1.29 is 13.2 Å². The summed E-state index contributed by atoms with van der Waals surface area (Å²) in [4.78, 5) is 15.7. The number of Topliss-reactive ketones (excluding diaryl/α,β-unsaturated/α-hetero) is 1. The Kier molecular flexibility index (Phi) is 4.41. The molecule has 0 aliphatic rings. The number of nitrogens with two attached hydrogens (primary N) is 1. The highest BCUT2D eigenvalue weighted by molar-refractivity contribution is 7.90. The summed E-state index contributed by atoms with van der Waals surface area (Å²) in [6.07, 6.45) is 4.76. The van der Waals surface area contributed by atoms with Crippen LogP contribution in [-0.4, -0.2) is 41.8 Å². The highest BCUT2D eigenvalue weighted by atomic mass is 32.2. The fourth-order valence-electron chi connectivity index (χ4n) is 1.36. The first-order valence-corrected chi connectivity index (χ1v) is 7.28. The van der Waals surface area contributed by atoms with Crippen LogP contribution in [0.1, 0.15) is 12.2 Å². The standard InChI is InChI=1S/C10H17N3O3S/c1-13-5-4-12-10(13)7-9(14)8(11)3-6-17(2,15)16/h4-5,8H,3,6-7,11H2,1-2H3. The molecular formula is C10H17N3O3S. The van der Waals surface area contributed by atoms with Gasteiger partial charge in [-0.25, -0.2) is 13.4 Å². The Bertz CT molecular complexity index is 493. The van der Waals surface area contributed by atoms with E-state index in [4.69, 9.17) is 5.73 Å². The summed E-state index contributed by atoms with van der Waals surface area (Å²) in [7, 11) is -1.29. The maximum atomic E-state index is 11.7. The molecule has 1 aromatic heterocycles. The first-order chi connectivity index (χ1) is 7.79. The molecular weight excluding hydrogens is 242 g/mol. The topological polar surface area (TPSA) is 95.0 Å². The van der Waals surface area contributed by atoms with E-state index in [9.17, 15) is 13.2 Å². The molecule has 96 valence electrons. The number of carbonyl (C=O) groups is 1. The van der Waals surface area contributed by atoms with E-state index in [1.165, 1.54) is 0 Å². The van der Waals surface area contributed by atoms with Gasteiger partial charge in [0.05, 0.1) is 18.2 Å². The molecule has 1 rings (SSSR count). The minimum absolute atomic E-state index is 0.0690. The Morgan fingerprint density at radius 2 is 2.24 bits per heavy atom. The third kappa shape index (κ3) is 4.66. The Balaban J connectivity index is 2.51. The lowest BCUT2D eigenvalue weighted by atomic mass is 10.1. The summed E-state index contributed by atoms with van der Waals surface area (Å²) in [6, 6.07) is -0.749. The van der Waals surface area contributed by atoms with Gasteiger partial charge in [-0.1, -0.05) is 0 Å². The van der Waals surface area contributed by atoms with Crippen molar-refractivity contribution in [3.63, 3.8) is 0 Å². The van der Waals surface area contributed by atoms with E-state index in [0.717, 1.165) is 6.26 Å². The van der Waals surface area contributed by atoms with Crippen LogP contribution in [0.2, 0.25) is 0 Å². The smallest absolute Gasteiger partial charge is 0.157 e. The number of sulfone groups is 1. The monoisotopic (exact) mass is 259 g/mol. The van der Waals surface area contributed by atoms with Gasteiger partial charge in [0.1, 0.15) is 15.7 Å².